The molecule has 0 fully saturated rings. The molecule has 0 aliphatic carbocycles. The highest BCUT2D eigenvalue weighted by molar-refractivity contribution is 5.79. The predicted octanol–water partition coefficient (Wildman–Crippen LogP) is 2.62. The van der Waals surface area contributed by atoms with Crippen LogP contribution in [-0.4, -0.2) is 32.0 Å². The molecule has 0 saturated carbocycles. The van der Waals surface area contributed by atoms with Crippen LogP contribution in [0.25, 0.3) is 0 Å². The molecule has 0 heterocycles. The Kier molecular flexibility index (Phi) is 6.18. The summed E-state index contributed by atoms with van der Waals surface area (Å²) in [6.07, 6.45) is 0.319. The number of carbonyl (C=O) groups is 1. The minimum Gasteiger partial charge on any atom is -0.496 e. The van der Waals surface area contributed by atoms with Crippen molar-refractivity contribution in [2.24, 2.45) is 0 Å². The average molecular weight is 312 g/mol. The molecule has 0 spiro atoms. The predicted molar refractivity (Wildman–Crippen MR) is 92.4 cm³/mol. The van der Waals surface area contributed by atoms with Crippen LogP contribution in [0.2, 0.25) is 0 Å². The van der Waals surface area contributed by atoms with E-state index >= 15 is 0 Å². The lowest BCUT2D eigenvalue weighted by molar-refractivity contribution is -0.120. The molecule has 0 aliphatic rings. The van der Waals surface area contributed by atoms with Crippen LogP contribution < -0.4 is 10.1 Å². The molecule has 0 atom stereocenters. The lowest BCUT2D eigenvalue weighted by Crippen LogP contribution is -2.25. The van der Waals surface area contributed by atoms with E-state index in [1.807, 2.05) is 50.5 Å². The van der Waals surface area contributed by atoms with Crippen LogP contribution >= 0.6 is 0 Å². The molecule has 4 nitrogen and oxygen atoms in total. The maximum Gasteiger partial charge on any atom is 0.224 e. The largest absolute Gasteiger partial charge is 0.496 e. The molecule has 0 saturated heterocycles. The molecular weight excluding hydrogens is 288 g/mol. The third kappa shape index (κ3) is 5.11. The number of hydrogen-bond acceptors (Lipinski definition) is 3. The third-order valence-corrected chi connectivity index (χ3v) is 3.62. The van der Waals surface area contributed by atoms with Gasteiger partial charge in [0.2, 0.25) is 5.91 Å². The van der Waals surface area contributed by atoms with Crippen LogP contribution in [0.15, 0.2) is 48.5 Å². The number of hydrogen-bond donors (Lipinski definition) is 1. The van der Waals surface area contributed by atoms with Gasteiger partial charge in [0.25, 0.3) is 0 Å². The molecule has 4 heteroatoms. The van der Waals surface area contributed by atoms with Crippen LogP contribution in [0.1, 0.15) is 16.7 Å². The van der Waals surface area contributed by atoms with Crippen molar-refractivity contribution in [1.82, 2.24) is 10.2 Å². The van der Waals surface area contributed by atoms with E-state index in [1.165, 1.54) is 5.56 Å². The number of benzene rings is 2. The molecule has 2 aromatic carbocycles. The molecule has 0 radical (unpaired) electrons. The summed E-state index contributed by atoms with van der Waals surface area (Å²) >= 11 is 0. The molecule has 0 bridgehead atoms. The number of nitrogens with zero attached hydrogens (tertiary/aromatic N) is 1. The Hall–Kier alpha value is -2.33. The van der Waals surface area contributed by atoms with Crippen molar-refractivity contribution in [3.63, 3.8) is 0 Å². The Labute approximate surface area is 138 Å². The third-order valence-electron chi connectivity index (χ3n) is 3.62. The number of amides is 1. The summed E-state index contributed by atoms with van der Waals surface area (Å²) in [5.41, 5.74) is 3.28. The fraction of sp³-hybridized carbons (Fsp3) is 0.316. The molecule has 0 aromatic heterocycles. The van der Waals surface area contributed by atoms with Crippen molar-refractivity contribution in [1.29, 1.82) is 0 Å². The number of methoxy groups -OCH3 is 1. The number of rotatable bonds is 7. The van der Waals surface area contributed by atoms with Crippen LogP contribution in [0.3, 0.4) is 0 Å². The van der Waals surface area contributed by atoms with Crippen molar-refractivity contribution in [2.45, 2.75) is 19.5 Å². The minimum absolute atomic E-state index is 0.00541. The molecule has 2 rings (SSSR count). The van der Waals surface area contributed by atoms with E-state index in [9.17, 15) is 4.79 Å². The van der Waals surface area contributed by atoms with Crippen LogP contribution in [0.5, 0.6) is 5.75 Å². The van der Waals surface area contributed by atoms with Gasteiger partial charge in [-0.15, -0.1) is 0 Å². The van der Waals surface area contributed by atoms with Gasteiger partial charge in [-0.2, -0.15) is 0 Å². The Balaban J connectivity index is 1.97. The molecule has 1 amide bonds. The Morgan fingerprint density at radius 1 is 1.00 bits per heavy atom. The summed E-state index contributed by atoms with van der Waals surface area (Å²) in [4.78, 5) is 14.3. The summed E-state index contributed by atoms with van der Waals surface area (Å²) in [5, 5.41) is 3.00. The van der Waals surface area contributed by atoms with Crippen molar-refractivity contribution < 1.29 is 9.53 Å². The Morgan fingerprint density at radius 3 is 2.26 bits per heavy atom. The Morgan fingerprint density at radius 2 is 1.61 bits per heavy atom. The van der Waals surface area contributed by atoms with Gasteiger partial charge >= 0.3 is 0 Å². The summed E-state index contributed by atoms with van der Waals surface area (Å²) in [5.74, 6) is 0.741. The van der Waals surface area contributed by atoms with Crippen molar-refractivity contribution in [3.8, 4) is 5.75 Å². The van der Waals surface area contributed by atoms with E-state index < -0.39 is 0 Å². The first kappa shape index (κ1) is 17.0. The van der Waals surface area contributed by atoms with E-state index in [2.05, 4.69) is 22.3 Å². The van der Waals surface area contributed by atoms with Crippen molar-refractivity contribution in [3.05, 3.63) is 65.2 Å². The van der Waals surface area contributed by atoms with Crippen molar-refractivity contribution in [2.75, 3.05) is 21.2 Å². The van der Waals surface area contributed by atoms with Gasteiger partial charge in [-0.1, -0.05) is 42.5 Å². The van der Waals surface area contributed by atoms with E-state index in [4.69, 9.17) is 4.74 Å². The monoisotopic (exact) mass is 312 g/mol. The number of nitrogens with one attached hydrogen (secondary N) is 1. The SMILES string of the molecule is COc1ccccc1CC(=O)NCc1ccccc1CN(C)C. The number of ether oxygens (including phenoxy) is 1. The lowest BCUT2D eigenvalue weighted by Gasteiger charge is -2.15. The fourth-order valence-corrected chi connectivity index (χ4v) is 2.50. The standard InChI is InChI=1S/C19H24N2O2/c1-21(2)14-17-10-5-4-9-16(17)13-20-19(22)12-15-8-6-7-11-18(15)23-3/h4-11H,12-14H2,1-3H3,(H,20,22). The van der Waals surface area contributed by atoms with Gasteiger partial charge in [-0.3, -0.25) is 4.79 Å². The van der Waals surface area contributed by atoms with Gasteiger partial charge in [0.1, 0.15) is 5.75 Å². The van der Waals surface area contributed by atoms with Gasteiger partial charge in [-0.05, 0) is 31.3 Å². The molecule has 1 N–H and O–H groups in total. The molecule has 2 aromatic rings. The smallest absolute Gasteiger partial charge is 0.224 e. The van der Waals surface area contributed by atoms with E-state index in [1.54, 1.807) is 7.11 Å². The van der Waals surface area contributed by atoms with Crippen LogP contribution in [0.4, 0.5) is 0 Å². The number of para-hydroxylation sites is 1. The zero-order valence-electron chi connectivity index (χ0n) is 14.0. The first-order valence-corrected chi connectivity index (χ1v) is 7.70. The summed E-state index contributed by atoms with van der Waals surface area (Å²) in [6, 6.07) is 15.8. The Bertz CT molecular complexity index is 653. The first-order chi connectivity index (χ1) is 11.1. The normalized spacial score (nSPS) is 10.6. The first-order valence-electron chi connectivity index (χ1n) is 7.70. The van der Waals surface area contributed by atoms with Gasteiger partial charge in [0.05, 0.1) is 13.5 Å². The summed E-state index contributed by atoms with van der Waals surface area (Å²) in [6.45, 7) is 1.40. The van der Waals surface area contributed by atoms with E-state index in [-0.39, 0.29) is 5.91 Å². The van der Waals surface area contributed by atoms with E-state index in [0.29, 0.717) is 13.0 Å². The second kappa shape index (κ2) is 8.34. The number of carbonyl (C=O) groups excluding carboxylic acids is 1. The van der Waals surface area contributed by atoms with Gasteiger partial charge in [0.15, 0.2) is 0 Å². The maximum absolute atomic E-state index is 12.2. The fourth-order valence-electron chi connectivity index (χ4n) is 2.50. The zero-order chi connectivity index (χ0) is 16.7. The molecule has 0 unspecified atom stereocenters. The quantitative estimate of drug-likeness (QED) is 0.854. The summed E-state index contributed by atoms with van der Waals surface area (Å²) < 4.78 is 5.29. The van der Waals surface area contributed by atoms with Gasteiger partial charge in [0, 0.05) is 18.7 Å². The highest BCUT2D eigenvalue weighted by atomic mass is 16.5. The van der Waals surface area contributed by atoms with Crippen LogP contribution in [0, 0.1) is 0 Å². The van der Waals surface area contributed by atoms with Crippen LogP contribution in [-0.2, 0) is 24.3 Å². The zero-order valence-corrected chi connectivity index (χ0v) is 14.0. The average Bonchev–Trinajstić information content (AvgIpc) is 2.54. The van der Waals surface area contributed by atoms with Crippen molar-refractivity contribution >= 4 is 5.91 Å². The maximum atomic E-state index is 12.2. The van der Waals surface area contributed by atoms with Gasteiger partial charge in [-0.25, -0.2) is 0 Å². The second-order valence-electron chi connectivity index (χ2n) is 5.77. The minimum atomic E-state index is -0.00541. The lowest BCUT2D eigenvalue weighted by atomic mass is 10.1. The van der Waals surface area contributed by atoms with Gasteiger partial charge < -0.3 is 15.0 Å². The summed E-state index contributed by atoms with van der Waals surface area (Å²) in [7, 11) is 5.70. The topological polar surface area (TPSA) is 41.6 Å². The molecule has 23 heavy (non-hydrogen) atoms. The van der Waals surface area contributed by atoms with E-state index in [0.717, 1.165) is 23.4 Å². The molecule has 0 aliphatic heterocycles. The highest BCUT2D eigenvalue weighted by Crippen LogP contribution is 2.17. The molecule has 122 valence electrons. The second-order valence-corrected chi connectivity index (χ2v) is 5.77. The highest BCUT2D eigenvalue weighted by Gasteiger charge is 2.09. The molecular formula is C19H24N2O2.